The fraction of sp³-hybridized carbons (Fsp3) is 0.533. The van der Waals surface area contributed by atoms with Crippen LogP contribution in [0.15, 0.2) is 18.2 Å². The van der Waals surface area contributed by atoms with Crippen molar-refractivity contribution in [2.75, 3.05) is 53.8 Å². The van der Waals surface area contributed by atoms with E-state index in [1.807, 2.05) is 0 Å². The van der Waals surface area contributed by atoms with Gasteiger partial charge in [-0.05, 0) is 12.1 Å². The fourth-order valence-corrected chi connectivity index (χ4v) is 2.92. The molecule has 0 aliphatic carbocycles. The van der Waals surface area contributed by atoms with Crippen LogP contribution in [0.1, 0.15) is 10.4 Å². The summed E-state index contributed by atoms with van der Waals surface area (Å²) in [6, 6.07) is 5.02. The monoisotopic (exact) mass is 360 g/mol. The van der Waals surface area contributed by atoms with Crippen LogP contribution in [-0.4, -0.2) is 72.5 Å². The van der Waals surface area contributed by atoms with Crippen LogP contribution < -0.4 is 14.8 Å². The lowest BCUT2D eigenvalue weighted by atomic mass is 10.1. The Morgan fingerprint density at radius 2 is 1.71 bits per heavy atom. The first-order valence-corrected chi connectivity index (χ1v) is 9.13. The number of hydrogen-bond acceptors (Lipinski definition) is 6. The molecule has 0 bridgehead atoms. The minimum absolute atomic E-state index is 0.144. The van der Waals surface area contributed by atoms with Crippen molar-refractivity contribution >= 4 is 15.9 Å². The summed E-state index contributed by atoms with van der Waals surface area (Å²) in [6.45, 7) is 0.798. The minimum Gasteiger partial charge on any atom is -0.496 e. The molecule has 1 aromatic carbocycles. The first-order valence-electron chi connectivity index (χ1n) is 7.28. The first kappa shape index (κ1) is 20.2. The van der Waals surface area contributed by atoms with Crippen molar-refractivity contribution in [2.24, 2.45) is 0 Å². The van der Waals surface area contributed by atoms with Crippen molar-refractivity contribution in [3.8, 4) is 11.5 Å². The van der Waals surface area contributed by atoms with Gasteiger partial charge in [-0.15, -0.1) is 0 Å². The number of nitrogens with one attached hydrogen (secondary N) is 1. The third kappa shape index (κ3) is 5.66. The lowest BCUT2D eigenvalue weighted by molar-refractivity contribution is 0.0944. The zero-order valence-electron chi connectivity index (χ0n) is 14.4. The molecular formula is C15H24N2O6S. The first-order chi connectivity index (χ1) is 11.3. The minimum atomic E-state index is -3.37. The number of amides is 1. The maximum atomic E-state index is 12.4. The van der Waals surface area contributed by atoms with Gasteiger partial charge >= 0.3 is 0 Å². The van der Waals surface area contributed by atoms with Gasteiger partial charge in [0, 0.05) is 26.7 Å². The Bertz CT molecular complexity index is 625. The number of hydrogen-bond donors (Lipinski definition) is 1. The van der Waals surface area contributed by atoms with Gasteiger partial charge in [-0.2, -0.15) is 4.31 Å². The molecule has 0 unspecified atom stereocenters. The van der Waals surface area contributed by atoms with E-state index in [0.29, 0.717) is 11.5 Å². The Morgan fingerprint density at radius 3 is 2.17 bits per heavy atom. The molecule has 9 heteroatoms. The third-order valence-corrected chi connectivity index (χ3v) is 4.62. The van der Waals surface area contributed by atoms with Gasteiger partial charge in [0.25, 0.3) is 5.91 Å². The number of rotatable bonds is 10. The molecule has 0 spiro atoms. The zero-order valence-corrected chi connectivity index (χ0v) is 15.2. The highest BCUT2D eigenvalue weighted by Crippen LogP contribution is 2.27. The van der Waals surface area contributed by atoms with Gasteiger partial charge in [0.2, 0.25) is 10.0 Å². The van der Waals surface area contributed by atoms with Gasteiger partial charge in [-0.1, -0.05) is 6.07 Å². The second-order valence-corrected chi connectivity index (χ2v) is 6.93. The number of carbonyl (C=O) groups excluding carboxylic acids is 1. The van der Waals surface area contributed by atoms with Crippen LogP contribution in [-0.2, 0) is 14.8 Å². The predicted octanol–water partition coefficient (Wildman–Crippen LogP) is 0.342. The summed E-state index contributed by atoms with van der Waals surface area (Å²) in [7, 11) is 1.04. The molecule has 0 saturated heterocycles. The SMILES string of the molecule is COCCN(CCNC(=O)c1c(OC)cccc1OC)S(C)(=O)=O. The van der Waals surface area contributed by atoms with E-state index in [0.717, 1.165) is 6.26 Å². The molecule has 1 aromatic rings. The Balaban J connectivity index is 2.75. The van der Waals surface area contributed by atoms with Gasteiger partial charge in [-0.25, -0.2) is 8.42 Å². The van der Waals surface area contributed by atoms with E-state index in [1.165, 1.54) is 25.6 Å². The third-order valence-electron chi connectivity index (χ3n) is 3.32. The normalized spacial score (nSPS) is 11.4. The Kier molecular flexibility index (Phi) is 7.96. The second-order valence-electron chi connectivity index (χ2n) is 4.95. The largest absolute Gasteiger partial charge is 0.496 e. The molecule has 0 aromatic heterocycles. The van der Waals surface area contributed by atoms with Crippen molar-refractivity contribution in [1.29, 1.82) is 0 Å². The van der Waals surface area contributed by atoms with Crippen LogP contribution in [0.5, 0.6) is 11.5 Å². The molecule has 0 fully saturated rings. The molecule has 0 saturated carbocycles. The molecule has 0 aliphatic heterocycles. The molecule has 0 radical (unpaired) electrons. The highest BCUT2D eigenvalue weighted by atomic mass is 32.2. The van der Waals surface area contributed by atoms with Crippen LogP contribution in [0.3, 0.4) is 0 Å². The van der Waals surface area contributed by atoms with Crippen LogP contribution >= 0.6 is 0 Å². The van der Waals surface area contributed by atoms with E-state index in [2.05, 4.69) is 5.32 Å². The Hall–Kier alpha value is -1.84. The summed E-state index contributed by atoms with van der Waals surface area (Å²) in [5, 5.41) is 2.68. The molecule has 24 heavy (non-hydrogen) atoms. The van der Waals surface area contributed by atoms with Gasteiger partial charge in [0.15, 0.2) is 0 Å². The van der Waals surface area contributed by atoms with Crippen molar-refractivity contribution in [1.82, 2.24) is 9.62 Å². The molecule has 1 amide bonds. The smallest absolute Gasteiger partial charge is 0.258 e. The van der Waals surface area contributed by atoms with Crippen LogP contribution in [0.2, 0.25) is 0 Å². The summed E-state index contributed by atoms with van der Waals surface area (Å²) in [5.74, 6) is 0.363. The van der Waals surface area contributed by atoms with Crippen molar-refractivity contribution in [2.45, 2.75) is 0 Å². The molecular weight excluding hydrogens is 336 g/mol. The molecule has 1 N–H and O–H groups in total. The number of methoxy groups -OCH3 is 3. The molecule has 8 nitrogen and oxygen atoms in total. The highest BCUT2D eigenvalue weighted by molar-refractivity contribution is 7.88. The van der Waals surface area contributed by atoms with Crippen LogP contribution in [0, 0.1) is 0 Å². The summed E-state index contributed by atoms with van der Waals surface area (Å²) in [6.07, 6.45) is 1.12. The van der Waals surface area contributed by atoms with Crippen LogP contribution in [0.4, 0.5) is 0 Å². The maximum absolute atomic E-state index is 12.4. The molecule has 1 rings (SSSR count). The van der Waals surface area contributed by atoms with Gasteiger partial charge in [0.1, 0.15) is 17.1 Å². The maximum Gasteiger partial charge on any atom is 0.258 e. The van der Waals surface area contributed by atoms with Crippen molar-refractivity contribution < 1.29 is 27.4 Å². The zero-order chi connectivity index (χ0) is 18.2. The van der Waals surface area contributed by atoms with E-state index in [9.17, 15) is 13.2 Å². The van der Waals surface area contributed by atoms with E-state index < -0.39 is 15.9 Å². The standard InChI is InChI=1S/C15H24N2O6S/c1-21-11-10-17(24(4,19)20)9-8-16-15(18)14-12(22-2)6-5-7-13(14)23-3/h5-7H,8-11H2,1-4H3,(H,16,18). The quantitative estimate of drug-likeness (QED) is 0.647. The summed E-state index contributed by atoms with van der Waals surface area (Å²) in [4.78, 5) is 12.4. The second kappa shape index (κ2) is 9.45. The number of nitrogens with zero attached hydrogens (tertiary/aromatic N) is 1. The molecule has 0 atom stereocenters. The number of sulfonamides is 1. The van der Waals surface area contributed by atoms with E-state index in [1.54, 1.807) is 18.2 Å². The summed E-state index contributed by atoms with van der Waals surface area (Å²) >= 11 is 0. The van der Waals surface area contributed by atoms with Crippen molar-refractivity contribution in [3.05, 3.63) is 23.8 Å². The van der Waals surface area contributed by atoms with Gasteiger partial charge < -0.3 is 19.5 Å². The van der Waals surface area contributed by atoms with Gasteiger partial charge in [-0.3, -0.25) is 4.79 Å². The Labute approximate surface area is 142 Å². The lowest BCUT2D eigenvalue weighted by Crippen LogP contribution is -2.39. The van der Waals surface area contributed by atoms with E-state index >= 15 is 0 Å². The summed E-state index contributed by atoms with van der Waals surface area (Å²) < 4.78 is 39.9. The number of carbonyl (C=O) groups is 1. The number of ether oxygens (including phenoxy) is 3. The molecule has 0 aliphatic rings. The predicted molar refractivity (Wildman–Crippen MR) is 90.2 cm³/mol. The topological polar surface area (TPSA) is 94.2 Å². The van der Waals surface area contributed by atoms with Gasteiger partial charge in [0.05, 0.1) is 27.1 Å². The molecule has 0 heterocycles. The number of benzene rings is 1. The molecule has 136 valence electrons. The van der Waals surface area contributed by atoms with Crippen molar-refractivity contribution in [3.63, 3.8) is 0 Å². The van der Waals surface area contributed by atoms with E-state index in [4.69, 9.17) is 14.2 Å². The van der Waals surface area contributed by atoms with Crippen LogP contribution in [0.25, 0.3) is 0 Å². The average Bonchev–Trinajstić information content (AvgIpc) is 2.55. The van der Waals surface area contributed by atoms with E-state index in [-0.39, 0.29) is 31.8 Å². The lowest BCUT2D eigenvalue weighted by Gasteiger charge is -2.20. The average molecular weight is 360 g/mol. The highest BCUT2D eigenvalue weighted by Gasteiger charge is 2.20. The fourth-order valence-electron chi connectivity index (χ4n) is 2.09. The summed E-state index contributed by atoms with van der Waals surface area (Å²) in [5.41, 5.74) is 0.269. The Morgan fingerprint density at radius 1 is 1.12 bits per heavy atom.